The van der Waals surface area contributed by atoms with Gasteiger partial charge in [-0.05, 0) is 239 Å². The zero-order chi connectivity index (χ0) is 76.7. The molecule has 0 radical (unpaired) electrons. The van der Waals surface area contributed by atoms with Gasteiger partial charge in [0.2, 0.25) is 0 Å². The maximum Gasteiger partial charge on any atom is 0.0714 e. The topological polar surface area (TPSA) is 6.48 Å². The molecular weight excluding hydrogens is 1400 g/mol. The van der Waals surface area contributed by atoms with Crippen molar-refractivity contribution in [3.63, 3.8) is 0 Å². The largest absolute Gasteiger partial charge is 0.310 e. The first-order valence-corrected chi connectivity index (χ1v) is 40.3. The Morgan fingerprint density at radius 1 is 0.155 bits per heavy atom. The van der Waals surface area contributed by atoms with Crippen LogP contribution in [0.4, 0.5) is 34.1 Å². The predicted octanol–water partition coefficient (Wildman–Crippen LogP) is 30.3. The molecule has 0 aliphatic heterocycles. The zero-order valence-electron chi connectivity index (χ0n) is 63.8. The Morgan fingerprint density at radius 3 is 1.04 bits per heavy atom. The summed E-state index contributed by atoms with van der Waals surface area (Å²) in [4.78, 5) is 4.93. The SMILES string of the molecule is c1ccc(N(c2ccc(-c3ccccc3-c3cc4ccccc4c4cc(-c5cccc(C6(c7ccccc7)c7ccccc7-c7c(N(c8ccccc8)c8ccc(-c9ccccc9-c9ccc%10c(ccc%11ccccc%11%10)c9)cc8)cccc76)c5)ccc34)cc2)c2cccc3c2-c2ccccc2C3(c2ccccc2)c2ccccc2)cc1. The molecule has 0 saturated carbocycles. The fourth-order valence-electron chi connectivity index (χ4n) is 19.8. The van der Waals surface area contributed by atoms with Gasteiger partial charge < -0.3 is 9.80 Å². The smallest absolute Gasteiger partial charge is 0.0714 e. The van der Waals surface area contributed by atoms with E-state index in [0.717, 1.165) is 56.4 Å². The molecule has 0 bridgehead atoms. The first-order valence-electron chi connectivity index (χ1n) is 40.3. The van der Waals surface area contributed by atoms with Crippen molar-refractivity contribution in [2.24, 2.45) is 0 Å². The van der Waals surface area contributed by atoms with E-state index in [-0.39, 0.29) is 0 Å². The van der Waals surface area contributed by atoms with E-state index in [4.69, 9.17) is 0 Å². The van der Waals surface area contributed by atoms with Gasteiger partial charge in [-0.15, -0.1) is 0 Å². The van der Waals surface area contributed by atoms with E-state index in [0.29, 0.717) is 0 Å². The molecule has 542 valence electrons. The average molecular weight is 1470 g/mol. The first-order chi connectivity index (χ1) is 57.6. The molecule has 2 aliphatic rings. The molecule has 0 saturated heterocycles. The predicted molar refractivity (Wildman–Crippen MR) is 488 cm³/mol. The summed E-state index contributed by atoms with van der Waals surface area (Å²) >= 11 is 0. The molecule has 116 heavy (non-hydrogen) atoms. The molecule has 20 aromatic carbocycles. The van der Waals surface area contributed by atoms with Gasteiger partial charge in [-0.25, -0.2) is 0 Å². The third-order valence-electron chi connectivity index (χ3n) is 24.8. The van der Waals surface area contributed by atoms with Crippen LogP contribution in [0.15, 0.2) is 461 Å². The molecule has 0 fully saturated rings. The van der Waals surface area contributed by atoms with Gasteiger partial charge in [0.1, 0.15) is 0 Å². The van der Waals surface area contributed by atoms with Crippen molar-refractivity contribution in [3.05, 3.63) is 506 Å². The second-order valence-electron chi connectivity index (χ2n) is 30.8. The molecule has 2 heteroatoms. The monoisotopic (exact) mass is 1470 g/mol. The maximum atomic E-state index is 2.48. The number of hydrogen-bond donors (Lipinski definition) is 0. The second kappa shape index (κ2) is 28.0. The van der Waals surface area contributed by atoms with Crippen LogP contribution in [0.3, 0.4) is 0 Å². The highest BCUT2D eigenvalue weighted by atomic mass is 15.2. The Hall–Kier alpha value is -15.0. The van der Waals surface area contributed by atoms with E-state index in [1.165, 1.54) is 143 Å². The van der Waals surface area contributed by atoms with E-state index >= 15 is 0 Å². The lowest BCUT2D eigenvalue weighted by molar-refractivity contribution is 0.768. The van der Waals surface area contributed by atoms with Crippen molar-refractivity contribution in [1.29, 1.82) is 0 Å². The van der Waals surface area contributed by atoms with E-state index < -0.39 is 10.8 Å². The number of nitrogens with zero attached hydrogens (tertiary/aromatic N) is 2. The van der Waals surface area contributed by atoms with Gasteiger partial charge in [0, 0.05) is 33.9 Å². The van der Waals surface area contributed by atoms with Gasteiger partial charge in [-0.2, -0.15) is 0 Å². The third kappa shape index (κ3) is 10.9. The van der Waals surface area contributed by atoms with Crippen LogP contribution < -0.4 is 9.80 Å². The average Bonchev–Trinajstić information content (AvgIpc) is 1.85. The first kappa shape index (κ1) is 67.9. The summed E-state index contributed by atoms with van der Waals surface area (Å²) in [7, 11) is 0. The minimum Gasteiger partial charge on any atom is -0.310 e. The van der Waals surface area contributed by atoms with Crippen molar-refractivity contribution >= 4 is 77.2 Å². The standard InChI is InChI=1S/C114H76N2/c1-6-34-85(35-7-1)113(86-36-8-2-9-37-86)105-53-26-24-51-101(105)111-107(113)55-29-57-109(111)115(89-41-12-4-13-42-89)92-69-63-79(64-70-92)95-47-22-23-50-99(95)104-76-82-32-17-19-49-97(82)103-75-81(65-72-100(103)104)80-33-28-40-88(74-80)114(87-38-10-3-11-39-87)106-54-27-25-52-102(106)112-108(114)56-30-58-110(112)116(90-43-14-5-15-44-90)91-67-61-78(62-68-91)94-46-20-21-48-96(94)84-66-71-98-83(73-84)60-59-77-31-16-18-45-93(77)98/h1-76H. The summed E-state index contributed by atoms with van der Waals surface area (Å²) in [5.41, 5.74) is 31.9. The Morgan fingerprint density at radius 2 is 0.500 bits per heavy atom. The van der Waals surface area contributed by atoms with Crippen molar-refractivity contribution in [2.75, 3.05) is 9.80 Å². The molecule has 0 N–H and O–H groups in total. The van der Waals surface area contributed by atoms with E-state index in [2.05, 4.69) is 471 Å². The fraction of sp³-hybridized carbons (Fsp3) is 0.0175. The number of hydrogen-bond acceptors (Lipinski definition) is 2. The molecule has 0 aromatic heterocycles. The van der Waals surface area contributed by atoms with Gasteiger partial charge in [0.15, 0.2) is 0 Å². The minimum absolute atomic E-state index is 0.535. The highest BCUT2D eigenvalue weighted by molar-refractivity contribution is 6.16. The molecule has 1 unspecified atom stereocenters. The molecule has 1 atom stereocenters. The number of para-hydroxylation sites is 2. The van der Waals surface area contributed by atoms with Crippen molar-refractivity contribution in [2.45, 2.75) is 10.8 Å². The summed E-state index contributed by atoms with van der Waals surface area (Å²) in [5.74, 6) is 0. The van der Waals surface area contributed by atoms with Crippen LogP contribution in [0.1, 0.15) is 44.5 Å². The number of fused-ring (bicyclic) bond motifs is 12. The molecule has 2 aliphatic carbocycles. The van der Waals surface area contributed by atoms with Crippen LogP contribution in [-0.2, 0) is 10.8 Å². The lowest BCUT2D eigenvalue weighted by Gasteiger charge is -2.35. The van der Waals surface area contributed by atoms with Crippen molar-refractivity contribution < 1.29 is 0 Å². The lowest BCUT2D eigenvalue weighted by Crippen LogP contribution is -2.28. The Balaban J connectivity index is 0.636. The van der Waals surface area contributed by atoms with Crippen molar-refractivity contribution in [1.82, 2.24) is 0 Å². The minimum atomic E-state index is -0.699. The van der Waals surface area contributed by atoms with E-state index in [1.807, 2.05) is 0 Å². The van der Waals surface area contributed by atoms with Crippen LogP contribution in [0, 0.1) is 0 Å². The lowest BCUT2D eigenvalue weighted by atomic mass is 9.67. The summed E-state index contributed by atoms with van der Waals surface area (Å²) in [6.07, 6.45) is 0. The van der Waals surface area contributed by atoms with Crippen LogP contribution in [-0.4, -0.2) is 0 Å². The highest BCUT2D eigenvalue weighted by Gasteiger charge is 2.49. The zero-order valence-corrected chi connectivity index (χ0v) is 63.8. The molecule has 0 heterocycles. The van der Waals surface area contributed by atoms with Gasteiger partial charge in [-0.3, -0.25) is 0 Å². The Labute approximate surface area is 676 Å². The fourth-order valence-corrected chi connectivity index (χ4v) is 19.8. The second-order valence-corrected chi connectivity index (χ2v) is 30.8. The van der Waals surface area contributed by atoms with Crippen molar-refractivity contribution in [3.8, 4) is 77.9 Å². The summed E-state index contributed by atoms with van der Waals surface area (Å²) < 4.78 is 0. The van der Waals surface area contributed by atoms with E-state index in [9.17, 15) is 0 Å². The quantitative estimate of drug-likeness (QED) is 0.0944. The van der Waals surface area contributed by atoms with Crippen LogP contribution in [0.2, 0.25) is 0 Å². The third-order valence-corrected chi connectivity index (χ3v) is 24.8. The number of anilines is 6. The van der Waals surface area contributed by atoms with Gasteiger partial charge in [0.05, 0.1) is 22.2 Å². The molecule has 0 amide bonds. The highest BCUT2D eigenvalue weighted by Crippen LogP contribution is 2.62. The number of rotatable bonds is 15. The number of benzene rings is 20. The molecular formula is C114H76N2. The normalized spacial score (nSPS) is 13.6. The molecule has 20 aromatic rings. The van der Waals surface area contributed by atoms with Crippen LogP contribution >= 0.6 is 0 Å². The van der Waals surface area contributed by atoms with E-state index in [1.54, 1.807) is 0 Å². The van der Waals surface area contributed by atoms with Crippen LogP contribution in [0.25, 0.3) is 121 Å². The maximum absolute atomic E-state index is 2.48. The van der Waals surface area contributed by atoms with Gasteiger partial charge >= 0.3 is 0 Å². The Kier molecular flexibility index (Phi) is 16.4. The van der Waals surface area contributed by atoms with Crippen LogP contribution in [0.5, 0.6) is 0 Å². The van der Waals surface area contributed by atoms with Gasteiger partial charge in [0.25, 0.3) is 0 Å². The Bertz CT molecular complexity index is 7140. The molecule has 22 rings (SSSR count). The molecule has 0 spiro atoms. The summed E-state index contributed by atoms with van der Waals surface area (Å²) in [6.45, 7) is 0. The van der Waals surface area contributed by atoms with Gasteiger partial charge in [-0.1, -0.05) is 376 Å². The molecule has 2 nitrogen and oxygen atoms in total. The summed E-state index contributed by atoms with van der Waals surface area (Å²) in [6, 6.07) is 172. The summed E-state index contributed by atoms with van der Waals surface area (Å²) in [5, 5.41) is 9.86.